The first kappa shape index (κ1) is 19.2. The fourth-order valence-corrected chi connectivity index (χ4v) is 9.14. The van der Waals surface area contributed by atoms with Crippen LogP contribution in [0.15, 0.2) is 0 Å². The lowest BCUT2D eigenvalue weighted by Crippen LogP contribution is -2.66. The Morgan fingerprint density at radius 1 is 1.03 bits per heavy atom. The summed E-state index contributed by atoms with van der Waals surface area (Å²) in [5.41, 5.74) is -0.677. The number of carbonyl (C=O) groups excluding carboxylic acids is 1. The molecule has 6 heteroatoms. The minimum Gasteiger partial charge on any atom is -0.393 e. The first-order valence-corrected chi connectivity index (χ1v) is 11.5. The molecule has 0 aromatic heterocycles. The standard InChI is InChI=1S/C23H34O6/c1-20-7-5-15(24)9-14(20)3-4-16-17-6-8-22(21(17,2)10-18(25)19(16)20)23(29-13-27-22)11-26-12-28-23/h14,16-19,25H,3-13H2,1-2H3/t14-,16-,17-,18-,19+,20-,21-,22+,23?/m0/s1. The summed E-state index contributed by atoms with van der Waals surface area (Å²) < 4.78 is 24.1. The van der Waals surface area contributed by atoms with E-state index in [1.54, 1.807) is 0 Å². The van der Waals surface area contributed by atoms with Crippen molar-refractivity contribution in [3.05, 3.63) is 0 Å². The summed E-state index contributed by atoms with van der Waals surface area (Å²) in [6.45, 7) is 5.55. The monoisotopic (exact) mass is 406 g/mol. The van der Waals surface area contributed by atoms with Gasteiger partial charge in [0.15, 0.2) is 13.6 Å². The van der Waals surface area contributed by atoms with Gasteiger partial charge in [0.2, 0.25) is 5.79 Å². The van der Waals surface area contributed by atoms with Crippen molar-refractivity contribution >= 4 is 5.78 Å². The number of aliphatic hydroxyl groups is 1. The second kappa shape index (κ2) is 6.04. The van der Waals surface area contributed by atoms with Crippen LogP contribution in [0.2, 0.25) is 0 Å². The number of rotatable bonds is 0. The van der Waals surface area contributed by atoms with Crippen LogP contribution in [0.1, 0.15) is 65.2 Å². The fourth-order valence-electron chi connectivity index (χ4n) is 9.14. The maximum Gasteiger partial charge on any atom is 0.226 e. The number of aliphatic hydroxyl groups excluding tert-OH is 1. The van der Waals surface area contributed by atoms with E-state index in [4.69, 9.17) is 18.9 Å². The van der Waals surface area contributed by atoms with Gasteiger partial charge in [-0.2, -0.15) is 0 Å². The first-order valence-electron chi connectivity index (χ1n) is 11.5. The van der Waals surface area contributed by atoms with Gasteiger partial charge in [0.25, 0.3) is 0 Å². The van der Waals surface area contributed by atoms with E-state index in [0.717, 1.165) is 32.1 Å². The van der Waals surface area contributed by atoms with Gasteiger partial charge in [-0.3, -0.25) is 4.79 Å². The Bertz CT molecular complexity index is 713. The molecule has 9 atom stereocenters. The Balaban J connectivity index is 1.38. The molecule has 2 spiro atoms. The average molecular weight is 407 g/mol. The smallest absolute Gasteiger partial charge is 0.226 e. The summed E-state index contributed by atoms with van der Waals surface area (Å²) in [5.74, 6) is 1.25. The van der Waals surface area contributed by atoms with Crippen molar-refractivity contribution in [2.45, 2.75) is 82.7 Å². The normalized spacial score (nSPS) is 59.1. The number of hydrogen-bond acceptors (Lipinski definition) is 6. The van der Waals surface area contributed by atoms with E-state index >= 15 is 0 Å². The molecule has 2 saturated heterocycles. The van der Waals surface area contributed by atoms with Crippen LogP contribution in [-0.4, -0.2) is 48.6 Å². The zero-order valence-electron chi connectivity index (χ0n) is 17.7. The minimum absolute atomic E-state index is 0.0744. The molecule has 1 unspecified atom stereocenters. The fraction of sp³-hybridized carbons (Fsp3) is 0.957. The van der Waals surface area contributed by atoms with Crippen LogP contribution in [0.25, 0.3) is 0 Å². The Hall–Kier alpha value is -0.530. The van der Waals surface area contributed by atoms with Gasteiger partial charge < -0.3 is 24.1 Å². The maximum absolute atomic E-state index is 12.1. The lowest BCUT2D eigenvalue weighted by Gasteiger charge is -2.63. The van der Waals surface area contributed by atoms with Gasteiger partial charge in [0.05, 0.1) is 6.10 Å². The van der Waals surface area contributed by atoms with E-state index in [0.29, 0.717) is 49.4 Å². The summed E-state index contributed by atoms with van der Waals surface area (Å²) >= 11 is 0. The minimum atomic E-state index is -0.832. The molecule has 0 bridgehead atoms. The summed E-state index contributed by atoms with van der Waals surface area (Å²) in [4.78, 5) is 12.1. The van der Waals surface area contributed by atoms with Gasteiger partial charge in [0.1, 0.15) is 18.0 Å². The van der Waals surface area contributed by atoms with E-state index in [1.165, 1.54) is 0 Å². The highest BCUT2D eigenvalue weighted by molar-refractivity contribution is 5.79. The molecule has 4 aliphatic carbocycles. The zero-order chi connectivity index (χ0) is 20.1. The van der Waals surface area contributed by atoms with E-state index in [1.807, 2.05) is 0 Å². The van der Waals surface area contributed by atoms with Gasteiger partial charge in [-0.1, -0.05) is 13.8 Å². The zero-order valence-corrected chi connectivity index (χ0v) is 17.7. The van der Waals surface area contributed by atoms with E-state index in [-0.39, 0.29) is 36.4 Å². The molecule has 29 heavy (non-hydrogen) atoms. The summed E-state index contributed by atoms with van der Waals surface area (Å²) in [5, 5.41) is 11.6. The van der Waals surface area contributed by atoms with Crippen molar-refractivity contribution in [3.8, 4) is 0 Å². The largest absolute Gasteiger partial charge is 0.393 e. The molecule has 0 aromatic rings. The van der Waals surface area contributed by atoms with Gasteiger partial charge in [-0.15, -0.1) is 0 Å². The van der Waals surface area contributed by atoms with E-state index < -0.39 is 11.4 Å². The molecular formula is C23H34O6. The molecule has 1 N–H and O–H groups in total. The molecular weight excluding hydrogens is 372 g/mol. The third kappa shape index (κ3) is 2.18. The summed E-state index contributed by atoms with van der Waals surface area (Å²) in [6.07, 6.45) is 6.86. The molecule has 2 heterocycles. The Morgan fingerprint density at radius 2 is 1.86 bits per heavy atom. The Morgan fingerprint density at radius 3 is 2.66 bits per heavy atom. The SMILES string of the molecule is C[C@]12CCC(=O)C[C@@H]1CC[C@@H]1[C@@H]2[C@@H](O)C[C@@]2(C)[C@H]1CC[C@@]21OCOC12COCO2. The van der Waals surface area contributed by atoms with Gasteiger partial charge in [-0.25, -0.2) is 0 Å². The second-order valence-electron chi connectivity index (χ2n) is 11.1. The van der Waals surface area contributed by atoms with Gasteiger partial charge in [0, 0.05) is 18.3 Å². The van der Waals surface area contributed by atoms with Crippen molar-refractivity contribution < 1.29 is 28.8 Å². The lowest BCUT2D eigenvalue weighted by atomic mass is 9.43. The van der Waals surface area contributed by atoms with Crippen molar-refractivity contribution in [3.63, 3.8) is 0 Å². The van der Waals surface area contributed by atoms with Crippen LogP contribution >= 0.6 is 0 Å². The van der Waals surface area contributed by atoms with Crippen molar-refractivity contribution in [1.29, 1.82) is 0 Å². The molecule has 6 rings (SSSR count). The Kier molecular flexibility index (Phi) is 3.99. The van der Waals surface area contributed by atoms with Gasteiger partial charge in [-0.05, 0) is 67.6 Å². The van der Waals surface area contributed by atoms with Crippen LogP contribution in [-0.2, 0) is 23.7 Å². The third-order valence-corrected chi connectivity index (χ3v) is 10.4. The Labute approximate surface area is 172 Å². The topological polar surface area (TPSA) is 74.2 Å². The number of hydrogen-bond donors (Lipinski definition) is 1. The number of ketones is 1. The first-order chi connectivity index (χ1) is 13.9. The quantitative estimate of drug-likeness (QED) is 0.667. The maximum atomic E-state index is 12.1. The number of Topliss-reactive ketones (excluding diaryl/α,β-unsaturated/α-hetero) is 1. The second-order valence-corrected chi connectivity index (χ2v) is 11.1. The van der Waals surface area contributed by atoms with Crippen LogP contribution in [0.5, 0.6) is 0 Å². The molecule has 0 amide bonds. The predicted molar refractivity (Wildman–Crippen MR) is 103 cm³/mol. The molecule has 0 aromatic carbocycles. The van der Waals surface area contributed by atoms with Crippen molar-refractivity contribution in [2.24, 2.45) is 34.5 Å². The highest BCUT2D eigenvalue weighted by atomic mass is 16.9. The molecule has 162 valence electrons. The number of ether oxygens (including phenoxy) is 4. The van der Waals surface area contributed by atoms with E-state index in [9.17, 15) is 9.90 Å². The van der Waals surface area contributed by atoms with Crippen molar-refractivity contribution in [1.82, 2.24) is 0 Å². The highest BCUT2D eigenvalue weighted by Gasteiger charge is 2.76. The molecule has 6 nitrogen and oxygen atoms in total. The summed E-state index contributed by atoms with van der Waals surface area (Å²) in [6, 6.07) is 0. The highest BCUT2D eigenvalue weighted by Crippen LogP contribution is 2.71. The molecule has 0 radical (unpaired) electrons. The van der Waals surface area contributed by atoms with Crippen LogP contribution in [0, 0.1) is 34.5 Å². The number of fused-ring (bicyclic) bond motifs is 7. The summed E-state index contributed by atoms with van der Waals surface area (Å²) in [7, 11) is 0. The average Bonchev–Trinajstić information content (AvgIpc) is 3.37. The van der Waals surface area contributed by atoms with E-state index in [2.05, 4.69) is 13.8 Å². The molecule has 6 fully saturated rings. The number of carbonyl (C=O) groups is 1. The van der Waals surface area contributed by atoms with Gasteiger partial charge >= 0.3 is 0 Å². The molecule has 6 aliphatic rings. The lowest BCUT2D eigenvalue weighted by molar-refractivity contribution is -0.261. The third-order valence-electron chi connectivity index (χ3n) is 10.4. The van der Waals surface area contributed by atoms with Crippen LogP contribution in [0.3, 0.4) is 0 Å². The molecule has 2 aliphatic heterocycles. The predicted octanol–water partition coefficient (Wildman–Crippen LogP) is 3.01. The molecule has 4 saturated carbocycles. The van der Waals surface area contributed by atoms with Crippen LogP contribution < -0.4 is 0 Å². The van der Waals surface area contributed by atoms with Crippen molar-refractivity contribution in [2.75, 3.05) is 20.2 Å². The van der Waals surface area contributed by atoms with Crippen LogP contribution in [0.4, 0.5) is 0 Å².